The topological polar surface area (TPSA) is 86.7 Å². The molecule has 0 saturated heterocycles. The van der Waals surface area contributed by atoms with Crippen molar-refractivity contribution in [3.63, 3.8) is 0 Å². The first-order valence-electron chi connectivity index (χ1n) is 9.75. The lowest BCUT2D eigenvalue weighted by Crippen LogP contribution is -2.44. The van der Waals surface area contributed by atoms with E-state index < -0.39 is 11.9 Å². The fraction of sp³-hybridized carbons (Fsp3) is 0.409. The summed E-state index contributed by atoms with van der Waals surface area (Å²) in [5.41, 5.74) is 3.24. The van der Waals surface area contributed by atoms with Gasteiger partial charge >= 0.3 is 0 Å². The molecule has 0 atom stereocenters. The molecule has 1 aromatic rings. The van der Waals surface area contributed by atoms with Gasteiger partial charge in [0.15, 0.2) is 11.6 Å². The van der Waals surface area contributed by atoms with E-state index in [1.165, 1.54) is 0 Å². The number of carbonyl (C=O) groups excluding carboxylic acids is 3. The first-order chi connectivity index (χ1) is 13.9. The molecule has 1 heterocycles. The molecule has 0 amide bonds. The van der Waals surface area contributed by atoms with Gasteiger partial charge in [0.05, 0.1) is 19.6 Å². The molecule has 7 heteroatoms. The number of hydrogen-bond acceptors (Lipinski definition) is 6. The van der Waals surface area contributed by atoms with Crippen LogP contribution in [0.4, 0.5) is 0 Å². The highest BCUT2D eigenvalue weighted by atomic mass is 79.9. The van der Waals surface area contributed by atoms with E-state index in [2.05, 4.69) is 15.9 Å². The minimum atomic E-state index is -1.22. The molecule has 0 fully saturated rings. The number of carbonyl (C=O) groups is 3. The number of halogens is 1. The van der Waals surface area contributed by atoms with Crippen molar-refractivity contribution in [3.8, 4) is 5.75 Å². The fourth-order valence-electron chi connectivity index (χ4n) is 4.78. The quantitative estimate of drug-likeness (QED) is 0.688. The molecular weight excluding hydrogens is 438 g/mol. The molecule has 6 nitrogen and oxygen atoms in total. The van der Waals surface area contributed by atoms with Crippen LogP contribution in [-0.4, -0.2) is 36.1 Å². The maximum Gasteiger partial charge on any atom is 0.161 e. The van der Waals surface area contributed by atoms with Gasteiger partial charge < -0.3 is 19.5 Å². The predicted octanol–water partition coefficient (Wildman–Crippen LogP) is 2.62. The number of rotatable bonds is 4. The van der Waals surface area contributed by atoms with Crippen LogP contribution in [0.3, 0.4) is 0 Å². The third-order valence-corrected chi connectivity index (χ3v) is 6.37. The molecule has 0 N–H and O–H groups in total. The summed E-state index contributed by atoms with van der Waals surface area (Å²) in [6.07, 6.45) is 3.32. The van der Waals surface area contributed by atoms with Gasteiger partial charge in [0, 0.05) is 51.3 Å². The van der Waals surface area contributed by atoms with E-state index >= 15 is 0 Å². The maximum absolute atomic E-state index is 13.1. The van der Waals surface area contributed by atoms with E-state index in [4.69, 9.17) is 4.74 Å². The van der Waals surface area contributed by atoms with E-state index in [1.54, 1.807) is 12.0 Å². The summed E-state index contributed by atoms with van der Waals surface area (Å²) >= 11 is 3.49. The average Bonchev–Trinajstić information content (AvgIpc) is 2.68. The molecule has 4 rings (SSSR count). The second-order valence-corrected chi connectivity index (χ2v) is 8.47. The van der Waals surface area contributed by atoms with Gasteiger partial charge in [0.25, 0.3) is 0 Å². The minimum absolute atomic E-state index is 0.0356. The molecule has 2 aliphatic carbocycles. The van der Waals surface area contributed by atoms with Crippen LogP contribution in [0.5, 0.6) is 5.75 Å². The smallest absolute Gasteiger partial charge is 0.161 e. The summed E-state index contributed by atoms with van der Waals surface area (Å²) in [5.74, 6) is -1.23. The van der Waals surface area contributed by atoms with Crippen molar-refractivity contribution < 1.29 is 24.2 Å². The van der Waals surface area contributed by atoms with Crippen LogP contribution in [-0.2, 0) is 14.4 Å². The average molecular weight is 459 g/mol. The lowest BCUT2D eigenvalue weighted by atomic mass is 9.70. The predicted molar refractivity (Wildman–Crippen MR) is 107 cm³/mol. The first kappa shape index (κ1) is 19.9. The van der Waals surface area contributed by atoms with Gasteiger partial charge in [0.1, 0.15) is 5.75 Å². The Morgan fingerprint density at radius 3 is 2.21 bits per heavy atom. The zero-order valence-corrected chi connectivity index (χ0v) is 17.7. The Morgan fingerprint density at radius 2 is 1.69 bits per heavy atom. The Labute approximate surface area is 177 Å². The van der Waals surface area contributed by atoms with Crippen LogP contribution < -0.4 is 9.84 Å². The van der Waals surface area contributed by atoms with Crippen molar-refractivity contribution in [1.82, 2.24) is 4.90 Å². The number of benzene rings is 1. The van der Waals surface area contributed by atoms with Crippen LogP contribution in [0, 0.1) is 0 Å². The Morgan fingerprint density at radius 1 is 1.10 bits per heavy atom. The van der Waals surface area contributed by atoms with E-state index in [1.807, 2.05) is 18.2 Å². The molecule has 0 radical (unpaired) electrons. The highest BCUT2D eigenvalue weighted by molar-refractivity contribution is 9.10. The summed E-state index contributed by atoms with van der Waals surface area (Å²) in [4.78, 5) is 39.3. The summed E-state index contributed by atoms with van der Waals surface area (Å²) in [6.45, 7) is -0.347. The zero-order chi connectivity index (χ0) is 20.7. The number of ketones is 2. The summed E-state index contributed by atoms with van der Waals surface area (Å²) in [6, 6.07) is 5.55. The SMILES string of the molecule is COc1ccc(Br)cc1C1C2=C(CCCC2=O)N(CC(=O)[O-])C2=C1C(=O)CCC2. The van der Waals surface area contributed by atoms with Crippen molar-refractivity contribution in [1.29, 1.82) is 0 Å². The maximum atomic E-state index is 13.1. The Kier molecular flexibility index (Phi) is 5.34. The highest BCUT2D eigenvalue weighted by Gasteiger charge is 2.44. The number of ether oxygens (including phenoxy) is 1. The number of carboxylic acid groups (broad SMARTS) is 1. The minimum Gasteiger partial charge on any atom is -0.548 e. The molecule has 0 saturated carbocycles. The molecular formula is C22H21BrNO5-. The van der Waals surface area contributed by atoms with Crippen molar-refractivity contribution >= 4 is 33.5 Å². The van der Waals surface area contributed by atoms with Gasteiger partial charge in [-0.15, -0.1) is 0 Å². The summed E-state index contributed by atoms with van der Waals surface area (Å²) < 4.78 is 6.39. The summed E-state index contributed by atoms with van der Waals surface area (Å²) in [5, 5.41) is 11.5. The van der Waals surface area contributed by atoms with Crippen molar-refractivity contribution in [3.05, 3.63) is 50.8 Å². The van der Waals surface area contributed by atoms with Crippen LogP contribution in [0.15, 0.2) is 45.2 Å². The molecule has 0 spiro atoms. The van der Waals surface area contributed by atoms with Gasteiger partial charge in [-0.2, -0.15) is 0 Å². The fourth-order valence-corrected chi connectivity index (χ4v) is 5.16. The van der Waals surface area contributed by atoms with Crippen LogP contribution >= 0.6 is 15.9 Å². The normalized spacial score (nSPS) is 20.0. The molecule has 1 aliphatic heterocycles. The van der Waals surface area contributed by atoms with Gasteiger partial charge in [-0.25, -0.2) is 0 Å². The first-order valence-corrected chi connectivity index (χ1v) is 10.5. The third-order valence-electron chi connectivity index (χ3n) is 5.88. The second-order valence-electron chi connectivity index (χ2n) is 7.55. The molecule has 0 aromatic heterocycles. The van der Waals surface area contributed by atoms with E-state index in [9.17, 15) is 19.5 Å². The molecule has 152 valence electrons. The molecule has 3 aliphatic rings. The van der Waals surface area contributed by atoms with E-state index in [-0.39, 0.29) is 18.1 Å². The lowest BCUT2D eigenvalue weighted by Gasteiger charge is -2.44. The van der Waals surface area contributed by atoms with Crippen LogP contribution in [0.1, 0.15) is 50.0 Å². The van der Waals surface area contributed by atoms with Crippen LogP contribution in [0.2, 0.25) is 0 Å². The molecule has 1 aromatic carbocycles. The van der Waals surface area contributed by atoms with Gasteiger partial charge in [0.2, 0.25) is 0 Å². The van der Waals surface area contributed by atoms with E-state index in [0.717, 1.165) is 10.0 Å². The number of nitrogens with zero attached hydrogens (tertiary/aromatic N) is 1. The number of Topliss-reactive ketones (excluding diaryl/α,β-unsaturated/α-hetero) is 2. The van der Waals surface area contributed by atoms with Crippen LogP contribution in [0.25, 0.3) is 0 Å². The monoisotopic (exact) mass is 458 g/mol. The highest BCUT2D eigenvalue weighted by Crippen LogP contribution is 2.51. The standard InChI is InChI=1S/C22H22BrNO5/c1-29-18-9-8-12(23)10-13(18)20-21-14(4-2-6-16(21)25)24(11-19(27)28)15-5-3-7-17(26)22(15)20/h8-10,20H,2-7,11H2,1H3,(H,27,28)/p-1. The lowest BCUT2D eigenvalue weighted by molar-refractivity contribution is -0.305. The van der Waals surface area contributed by atoms with Gasteiger partial charge in [-0.1, -0.05) is 15.9 Å². The number of methoxy groups -OCH3 is 1. The van der Waals surface area contributed by atoms with Gasteiger partial charge in [-0.3, -0.25) is 9.59 Å². The second kappa shape index (κ2) is 7.78. The number of allylic oxidation sites excluding steroid dienone is 4. The number of aliphatic carboxylic acids is 1. The Balaban J connectivity index is 2.01. The van der Waals surface area contributed by atoms with Crippen molar-refractivity contribution in [2.24, 2.45) is 0 Å². The van der Waals surface area contributed by atoms with Crippen molar-refractivity contribution in [2.75, 3.05) is 13.7 Å². The number of hydrogen-bond donors (Lipinski definition) is 0. The Bertz CT molecular complexity index is 933. The zero-order valence-electron chi connectivity index (χ0n) is 16.1. The number of carboxylic acids is 1. The molecule has 0 unspecified atom stereocenters. The summed E-state index contributed by atoms with van der Waals surface area (Å²) in [7, 11) is 1.56. The van der Waals surface area contributed by atoms with Crippen molar-refractivity contribution in [2.45, 2.75) is 44.4 Å². The third kappa shape index (κ3) is 3.41. The Hall–Kier alpha value is -2.41. The van der Waals surface area contributed by atoms with E-state index in [0.29, 0.717) is 66.8 Å². The van der Waals surface area contributed by atoms with Gasteiger partial charge in [-0.05, 0) is 43.9 Å². The molecule has 29 heavy (non-hydrogen) atoms. The largest absolute Gasteiger partial charge is 0.548 e. The molecule has 0 bridgehead atoms.